The fraction of sp³-hybridized carbons (Fsp3) is 0.423. The lowest BCUT2D eigenvalue weighted by atomic mass is 9.98. The lowest BCUT2D eigenvalue weighted by Crippen LogP contribution is -2.24. The van der Waals surface area contributed by atoms with E-state index in [4.69, 9.17) is 14.5 Å². The molecule has 1 saturated carbocycles. The van der Waals surface area contributed by atoms with Gasteiger partial charge in [-0.15, -0.1) is 0 Å². The minimum Gasteiger partial charge on any atom is -0.481 e. The zero-order valence-corrected chi connectivity index (χ0v) is 21.6. The maximum Gasteiger partial charge on any atom is 0.303 e. The van der Waals surface area contributed by atoms with Crippen LogP contribution in [-0.4, -0.2) is 48.3 Å². The molecule has 0 saturated heterocycles. The molecule has 0 spiro atoms. The highest BCUT2D eigenvalue weighted by Gasteiger charge is 2.31. The number of unbranched alkanes of at least 4 members (excludes halogenated alkanes) is 1. The van der Waals surface area contributed by atoms with Crippen LogP contribution in [0.1, 0.15) is 70.8 Å². The van der Waals surface area contributed by atoms with Crippen molar-refractivity contribution in [2.45, 2.75) is 58.4 Å². The molecule has 1 amide bonds. The van der Waals surface area contributed by atoms with Crippen LogP contribution in [0.2, 0.25) is 0 Å². The summed E-state index contributed by atoms with van der Waals surface area (Å²) in [6, 6.07) is 7.84. The van der Waals surface area contributed by atoms with Crippen molar-refractivity contribution < 1.29 is 27.5 Å². The van der Waals surface area contributed by atoms with Gasteiger partial charge in [0.2, 0.25) is 16.6 Å². The van der Waals surface area contributed by atoms with Crippen molar-refractivity contribution in [3.05, 3.63) is 52.2 Å². The van der Waals surface area contributed by atoms with Crippen LogP contribution in [0.25, 0.3) is 22.4 Å². The van der Waals surface area contributed by atoms with Crippen LogP contribution in [0.4, 0.5) is 0 Å². The van der Waals surface area contributed by atoms with E-state index in [0.717, 1.165) is 35.1 Å². The third-order valence-electron chi connectivity index (χ3n) is 6.51. The van der Waals surface area contributed by atoms with Crippen LogP contribution < -0.4 is 5.32 Å². The molecule has 0 unspecified atom stereocenters. The Bertz CT molecular complexity index is 1380. The molecular weight excluding hydrogens is 482 g/mol. The Morgan fingerprint density at radius 3 is 2.56 bits per heavy atom. The fourth-order valence-electron chi connectivity index (χ4n) is 4.52. The number of aromatic nitrogens is 1. The monoisotopic (exact) mass is 513 g/mol. The van der Waals surface area contributed by atoms with Crippen LogP contribution >= 0.6 is 0 Å². The first-order valence-electron chi connectivity index (χ1n) is 12.1. The lowest BCUT2D eigenvalue weighted by molar-refractivity contribution is -0.137. The highest BCUT2D eigenvalue weighted by molar-refractivity contribution is 7.69. The quantitative estimate of drug-likeness (QED) is 0.262. The van der Waals surface area contributed by atoms with Crippen molar-refractivity contribution in [2.24, 2.45) is 0 Å². The number of nitrogens with one attached hydrogen (secondary N) is 1. The SMILES string of the molecule is CNC(=O)c1c(-c2ccc(C)cc2C)oc2nc(CN(CCCCC(=O)O)[SH](=O)=O)c(C3CC3)cc12. The average Bonchev–Trinajstić information content (AvgIpc) is 3.60. The van der Waals surface area contributed by atoms with E-state index in [2.05, 4.69) is 5.32 Å². The summed E-state index contributed by atoms with van der Waals surface area (Å²) in [4.78, 5) is 28.5. The minimum atomic E-state index is -2.88. The number of benzene rings is 1. The molecule has 0 aliphatic heterocycles. The fourth-order valence-corrected chi connectivity index (χ4v) is 5.07. The van der Waals surface area contributed by atoms with Gasteiger partial charge in [0.1, 0.15) is 0 Å². The summed E-state index contributed by atoms with van der Waals surface area (Å²) in [7, 11) is -1.31. The molecule has 1 aromatic carbocycles. The van der Waals surface area contributed by atoms with Crippen molar-refractivity contribution in [3.63, 3.8) is 0 Å². The van der Waals surface area contributed by atoms with E-state index in [1.165, 1.54) is 4.31 Å². The van der Waals surface area contributed by atoms with E-state index < -0.39 is 16.9 Å². The molecule has 1 aliphatic rings. The molecule has 9 nitrogen and oxygen atoms in total. The zero-order chi connectivity index (χ0) is 26.0. The van der Waals surface area contributed by atoms with E-state index >= 15 is 0 Å². The number of hydrogen-bond acceptors (Lipinski definition) is 6. The Balaban J connectivity index is 1.77. The number of fused-ring (bicyclic) bond motifs is 1. The van der Waals surface area contributed by atoms with Crippen molar-refractivity contribution in [3.8, 4) is 11.3 Å². The molecule has 1 fully saturated rings. The molecular formula is C26H31N3O6S. The van der Waals surface area contributed by atoms with Gasteiger partial charge in [-0.1, -0.05) is 23.8 Å². The predicted molar refractivity (Wildman–Crippen MR) is 136 cm³/mol. The van der Waals surface area contributed by atoms with Crippen LogP contribution in [0, 0.1) is 13.8 Å². The summed E-state index contributed by atoms with van der Waals surface area (Å²) in [5.41, 5.74) is 5.10. The van der Waals surface area contributed by atoms with Gasteiger partial charge in [0.05, 0.1) is 23.2 Å². The van der Waals surface area contributed by atoms with Crippen LogP contribution in [0.15, 0.2) is 28.7 Å². The second-order valence-corrected chi connectivity index (χ2v) is 10.4. The molecule has 0 bridgehead atoms. The van der Waals surface area contributed by atoms with Crippen molar-refractivity contribution >= 4 is 33.9 Å². The summed E-state index contributed by atoms with van der Waals surface area (Å²) >= 11 is 0. The first kappa shape index (κ1) is 25.8. The third kappa shape index (κ3) is 5.60. The molecule has 1 aliphatic carbocycles. The molecule has 0 atom stereocenters. The molecule has 4 rings (SSSR count). The second-order valence-electron chi connectivity index (χ2n) is 9.33. The van der Waals surface area contributed by atoms with E-state index in [0.29, 0.717) is 35.2 Å². The topological polar surface area (TPSA) is 130 Å². The summed E-state index contributed by atoms with van der Waals surface area (Å²) in [5, 5.41) is 12.2. The van der Waals surface area contributed by atoms with Gasteiger partial charge < -0.3 is 14.8 Å². The average molecular weight is 514 g/mol. The number of pyridine rings is 1. The highest BCUT2D eigenvalue weighted by atomic mass is 32.2. The highest BCUT2D eigenvalue weighted by Crippen LogP contribution is 2.44. The number of carbonyl (C=O) groups excluding carboxylic acids is 1. The van der Waals surface area contributed by atoms with Crippen molar-refractivity contribution in [2.75, 3.05) is 13.6 Å². The Hall–Kier alpha value is -3.24. The van der Waals surface area contributed by atoms with Gasteiger partial charge in [0.25, 0.3) is 5.91 Å². The van der Waals surface area contributed by atoms with Gasteiger partial charge in [-0.25, -0.2) is 13.4 Å². The van der Waals surface area contributed by atoms with E-state index in [1.54, 1.807) is 7.05 Å². The van der Waals surface area contributed by atoms with Crippen LogP contribution in [0.5, 0.6) is 0 Å². The number of amides is 1. The predicted octanol–water partition coefficient (Wildman–Crippen LogP) is 3.93. The number of nitrogens with zero attached hydrogens (tertiary/aromatic N) is 2. The molecule has 10 heteroatoms. The summed E-state index contributed by atoms with van der Waals surface area (Å²) in [6.45, 7) is 4.25. The van der Waals surface area contributed by atoms with E-state index in [-0.39, 0.29) is 37.0 Å². The number of carboxylic acids is 1. The van der Waals surface area contributed by atoms with Gasteiger partial charge in [-0.3, -0.25) is 9.59 Å². The van der Waals surface area contributed by atoms with Gasteiger partial charge >= 0.3 is 5.97 Å². The largest absolute Gasteiger partial charge is 0.481 e. The summed E-state index contributed by atoms with van der Waals surface area (Å²) in [6.07, 6.45) is 2.77. The lowest BCUT2D eigenvalue weighted by Gasteiger charge is -2.17. The molecule has 192 valence electrons. The van der Waals surface area contributed by atoms with Gasteiger partial charge in [0.15, 0.2) is 5.76 Å². The number of rotatable bonds is 11. The minimum absolute atomic E-state index is 0.00309. The first-order valence-corrected chi connectivity index (χ1v) is 13.2. The Morgan fingerprint density at radius 2 is 1.94 bits per heavy atom. The van der Waals surface area contributed by atoms with Crippen LogP contribution in [0.3, 0.4) is 0 Å². The number of carboxylic acid groups (broad SMARTS) is 1. The maximum absolute atomic E-state index is 13.0. The number of aliphatic carboxylic acids is 1. The number of carbonyl (C=O) groups is 2. The third-order valence-corrected chi connectivity index (χ3v) is 7.32. The Morgan fingerprint density at radius 1 is 1.19 bits per heavy atom. The van der Waals surface area contributed by atoms with Gasteiger partial charge in [0, 0.05) is 25.6 Å². The second kappa shape index (κ2) is 10.8. The number of furan rings is 1. The van der Waals surface area contributed by atoms with E-state index in [9.17, 15) is 18.0 Å². The normalized spacial score (nSPS) is 13.6. The van der Waals surface area contributed by atoms with Crippen molar-refractivity contribution in [1.82, 2.24) is 14.6 Å². The molecule has 3 aromatic rings. The first-order chi connectivity index (χ1) is 17.2. The van der Waals surface area contributed by atoms with Gasteiger partial charge in [-0.05, 0) is 62.6 Å². The number of thiol groups is 1. The Labute approximate surface area is 211 Å². The molecule has 0 radical (unpaired) electrons. The molecule has 2 aromatic heterocycles. The van der Waals surface area contributed by atoms with Crippen LogP contribution in [-0.2, 0) is 22.2 Å². The summed E-state index contributed by atoms with van der Waals surface area (Å²) < 4.78 is 31.4. The van der Waals surface area contributed by atoms with E-state index in [1.807, 2.05) is 38.1 Å². The standard InChI is InChI=1S/C26H31N3O6S/c1-15-7-10-18(16(2)12-15)24-23(25(32)27-3)20-13-19(17-8-9-17)21(28-26(20)35-24)14-29(36(33)34)11-5-4-6-22(30)31/h7,10,12-13,17,36H,4-6,8-9,11,14H2,1-3H3,(H,27,32)(H,30,31). The number of hydrogen-bond donors (Lipinski definition) is 3. The van der Waals surface area contributed by atoms with Gasteiger partial charge in [-0.2, -0.15) is 4.31 Å². The van der Waals surface area contributed by atoms with Crippen molar-refractivity contribution in [1.29, 1.82) is 0 Å². The molecule has 2 heterocycles. The molecule has 2 N–H and O–H groups in total. The zero-order valence-electron chi connectivity index (χ0n) is 20.7. The summed E-state index contributed by atoms with van der Waals surface area (Å²) in [5.74, 6) is -0.482. The molecule has 36 heavy (non-hydrogen) atoms. The maximum atomic E-state index is 13.0. The Kier molecular flexibility index (Phi) is 7.75. The smallest absolute Gasteiger partial charge is 0.303 e. The number of aryl methyl sites for hydroxylation is 2.